The van der Waals surface area contributed by atoms with E-state index < -0.39 is 72.7 Å². The normalized spacial score (nSPS) is 24.4. The topological polar surface area (TPSA) is 81.7 Å². The van der Waals surface area contributed by atoms with Crippen LogP contribution in [0.1, 0.15) is 34.8 Å². The number of sulfone groups is 1. The van der Waals surface area contributed by atoms with Gasteiger partial charge in [0.1, 0.15) is 17.5 Å². The number of benzene rings is 2. The molecule has 3 aliphatic heterocycles. The Labute approximate surface area is 219 Å². The fraction of sp³-hybridized carbons (Fsp3) is 0.375. The molecule has 13 heteroatoms. The molecule has 5 rings (SSSR count). The Hall–Kier alpha value is -2.18. The van der Waals surface area contributed by atoms with E-state index in [9.17, 15) is 30.8 Å². The highest BCUT2D eigenvalue weighted by molar-refractivity contribution is 7.91. The van der Waals surface area contributed by atoms with E-state index in [2.05, 4.69) is 5.32 Å². The molecule has 1 saturated heterocycles. The van der Waals surface area contributed by atoms with Crippen LogP contribution in [0.4, 0.5) is 17.6 Å². The van der Waals surface area contributed by atoms with Crippen LogP contribution in [-0.4, -0.2) is 45.5 Å². The van der Waals surface area contributed by atoms with Crippen molar-refractivity contribution >= 4 is 44.4 Å². The predicted octanol–water partition coefficient (Wildman–Crippen LogP) is 4.84. The Bertz CT molecular complexity index is 1430. The van der Waals surface area contributed by atoms with E-state index in [1.807, 2.05) is 0 Å². The number of ketones is 1. The molecule has 6 nitrogen and oxygen atoms in total. The average molecular weight is 580 g/mol. The molecule has 2 unspecified atom stereocenters. The summed E-state index contributed by atoms with van der Waals surface area (Å²) < 4.78 is 91.8. The van der Waals surface area contributed by atoms with Crippen LogP contribution in [0.25, 0.3) is 5.57 Å². The monoisotopic (exact) mass is 579 g/mol. The van der Waals surface area contributed by atoms with Crippen LogP contribution in [0, 0.1) is 5.82 Å². The lowest BCUT2D eigenvalue weighted by Gasteiger charge is -2.39. The summed E-state index contributed by atoms with van der Waals surface area (Å²) in [5.74, 6) is -2.44. The maximum atomic E-state index is 14.4. The lowest BCUT2D eigenvalue weighted by Crippen LogP contribution is -2.57. The quantitative estimate of drug-likeness (QED) is 0.403. The summed E-state index contributed by atoms with van der Waals surface area (Å²) in [7, 11) is -3.64. The largest absolute Gasteiger partial charge is 0.480 e. The zero-order valence-corrected chi connectivity index (χ0v) is 21.4. The minimum absolute atomic E-state index is 0.152. The van der Waals surface area contributed by atoms with Crippen molar-refractivity contribution in [3.05, 3.63) is 74.7 Å². The summed E-state index contributed by atoms with van der Waals surface area (Å²) in [6.07, 6.45) is -4.89. The van der Waals surface area contributed by atoms with Gasteiger partial charge in [-0.05, 0) is 40.5 Å². The van der Waals surface area contributed by atoms with Gasteiger partial charge in [-0.25, -0.2) is 12.8 Å². The molecule has 2 aromatic rings. The van der Waals surface area contributed by atoms with Crippen molar-refractivity contribution in [1.29, 1.82) is 0 Å². The van der Waals surface area contributed by atoms with Gasteiger partial charge < -0.3 is 14.8 Å². The maximum Gasteiger partial charge on any atom is 0.432 e. The van der Waals surface area contributed by atoms with Crippen molar-refractivity contribution in [2.45, 2.75) is 29.9 Å². The molecule has 3 heterocycles. The van der Waals surface area contributed by atoms with Crippen molar-refractivity contribution in [1.82, 2.24) is 5.32 Å². The predicted molar refractivity (Wildman–Crippen MR) is 127 cm³/mol. The molecule has 0 aromatic heterocycles. The number of Topliss-reactive ketones (excluding diaryl/α,β-unsaturated/α-hetero) is 1. The summed E-state index contributed by atoms with van der Waals surface area (Å²) >= 11 is 11.5. The van der Waals surface area contributed by atoms with E-state index in [0.717, 1.165) is 24.7 Å². The lowest BCUT2D eigenvalue weighted by molar-refractivity contribution is -0.260. The third-order valence-corrected chi connectivity index (χ3v) is 8.17. The second-order valence-electron chi connectivity index (χ2n) is 9.45. The van der Waals surface area contributed by atoms with Gasteiger partial charge in [0, 0.05) is 31.3 Å². The third kappa shape index (κ3) is 4.34. The fourth-order valence-corrected chi connectivity index (χ4v) is 6.08. The highest BCUT2D eigenvalue weighted by Crippen LogP contribution is 2.54. The van der Waals surface area contributed by atoms with Crippen LogP contribution in [0.15, 0.2) is 36.6 Å². The Morgan fingerprint density at radius 3 is 2.35 bits per heavy atom. The number of fused-ring (bicyclic) bond motifs is 2. The smallest absolute Gasteiger partial charge is 0.432 e. The highest BCUT2D eigenvalue weighted by Gasteiger charge is 2.61. The minimum Gasteiger partial charge on any atom is -0.480 e. The van der Waals surface area contributed by atoms with Crippen molar-refractivity contribution in [3.63, 3.8) is 0 Å². The first-order chi connectivity index (χ1) is 17.2. The van der Waals surface area contributed by atoms with Crippen LogP contribution in [0.2, 0.25) is 10.0 Å². The number of carbonyl (C=O) groups excluding carboxylic acids is 1. The third-order valence-electron chi connectivity index (χ3n) is 6.81. The van der Waals surface area contributed by atoms with Crippen LogP contribution >= 0.6 is 23.2 Å². The summed E-state index contributed by atoms with van der Waals surface area (Å²) in [4.78, 5) is 12.8. The number of alkyl halides is 3. The summed E-state index contributed by atoms with van der Waals surface area (Å²) in [5, 5.41) is 1.90. The molecule has 0 bridgehead atoms. The van der Waals surface area contributed by atoms with Gasteiger partial charge in [-0.15, -0.1) is 0 Å². The van der Waals surface area contributed by atoms with Crippen LogP contribution < -0.4 is 5.32 Å². The van der Waals surface area contributed by atoms with Crippen LogP contribution in [0.5, 0.6) is 0 Å². The van der Waals surface area contributed by atoms with Gasteiger partial charge >= 0.3 is 6.18 Å². The first-order valence-electron chi connectivity index (χ1n) is 11.0. The molecule has 3 aliphatic rings. The van der Waals surface area contributed by atoms with Gasteiger partial charge in [0.25, 0.3) is 0 Å². The fourth-order valence-electron chi connectivity index (χ4n) is 4.93. The number of halogens is 6. The average Bonchev–Trinajstić information content (AvgIpc) is 3.36. The van der Waals surface area contributed by atoms with E-state index in [4.69, 9.17) is 32.7 Å². The van der Waals surface area contributed by atoms with E-state index >= 15 is 0 Å². The number of ether oxygens (including phenoxy) is 2. The van der Waals surface area contributed by atoms with Gasteiger partial charge in [-0.3, -0.25) is 4.79 Å². The second kappa shape index (κ2) is 8.67. The highest BCUT2D eigenvalue weighted by atomic mass is 35.5. The van der Waals surface area contributed by atoms with Crippen molar-refractivity contribution in [3.8, 4) is 0 Å². The number of carbonyl (C=O) groups is 1. The lowest BCUT2D eigenvalue weighted by atomic mass is 9.83. The van der Waals surface area contributed by atoms with Crippen LogP contribution in [0.3, 0.4) is 0 Å². The first-order valence-corrected chi connectivity index (χ1v) is 13.8. The molecule has 2 aromatic carbocycles. The van der Waals surface area contributed by atoms with Gasteiger partial charge in [0.2, 0.25) is 5.60 Å². The molecule has 1 spiro atoms. The summed E-state index contributed by atoms with van der Waals surface area (Å²) in [5.41, 5.74) is -2.61. The van der Waals surface area contributed by atoms with E-state index in [1.54, 1.807) is 12.1 Å². The zero-order valence-electron chi connectivity index (χ0n) is 19.1. The molecule has 0 aliphatic carbocycles. The minimum atomic E-state index is -4.93. The van der Waals surface area contributed by atoms with E-state index in [0.29, 0.717) is 29.8 Å². The molecular weight excluding hydrogens is 561 g/mol. The van der Waals surface area contributed by atoms with Crippen molar-refractivity contribution < 1.29 is 40.2 Å². The van der Waals surface area contributed by atoms with Crippen molar-refractivity contribution in [2.24, 2.45) is 0 Å². The Balaban J connectivity index is 1.53. The molecule has 0 radical (unpaired) electrons. The number of hydrogen-bond acceptors (Lipinski definition) is 6. The standard InChI is InChI=1S/C24H19Cl2F4NO5S/c1-37(33,34)9-19(32)21-15-4-12(2-3-16(15)22(36-21)10-31-11-22)13-7-23(35-8-13,24(28,29)30)14-5-17(25)20(27)18(26)6-14/h2-6,8,21,31H,7,9-11H2,1H3. The molecular formula is C24H19Cl2F4NO5S. The first kappa shape index (κ1) is 26.4. The number of rotatable bonds is 5. The summed E-state index contributed by atoms with van der Waals surface area (Å²) in [6, 6.07) is 6.45. The molecule has 1 N–H and O–H groups in total. The van der Waals surface area contributed by atoms with Crippen molar-refractivity contribution in [2.75, 3.05) is 25.1 Å². The molecule has 2 atom stereocenters. The Kier molecular flexibility index (Phi) is 6.19. The van der Waals surface area contributed by atoms with Gasteiger partial charge in [-0.1, -0.05) is 35.3 Å². The zero-order chi connectivity index (χ0) is 27.0. The van der Waals surface area contributed by atoms with Gasteiger partial charge in [-0.2, -0.15) is 13.2 Å². The molecule has 0 amide bonds. The number of nitrogens with one attached hydrogen (secondary N) is 1. The van der Waals surface area contributed by atoms with Gasteiger partial charge in [0.05, 0.1) is 16.3 Å². The Morgan fingerprint density at radius 1 is 1.16 bits per heavy atom. The van der Waals surface area contributed by atoms with E-state index in [-0.39, 0.29) is 5.57 Å². The molecule has 1 fully saturated rings. The SMILES string of the molecule is CS(=O)(=O)CC(=O)C1OC2(CNC2)c2ccc(C3=COC(c4cc(Cl)c(F)c(Cl)c4)(C(F)(F)F)C3)cc21. The second-order valence-corrected chi connectivity index (χ2v) is 12.4. The van der Waals surface area contributed by atoms with E-state index in [1.165, 1.54) is 6.07 Å². The Morgan fingerprint density at radius 2 is 1.81 bits per heavy atom. The van der Waals surface area contributed by atoms with Gasteiger partial charge in [0.15, 0.2) is 21.4 Å². The molecule has 198 valence electrons. The van der Waals surface area contributed by atoms with Crippen LogP contribution in [-0.2, 0) is 35.3 Å². The maximum absolute atomic E-state index is 14.4. The molecule has 0 saturated carbocycles. The summed E-state index contributed by atoms with van der Waals surface area (Å²) in [6.45, 7) is 0.800. The number of hydrogen-bond donors (Lipinski definition) is 1. The molecule has 37 heavy (non-hydrogen) atoms.